The zero-order valence-corrected chi connectivity index (χ0v) is 12.5. The van der Waals surface area contributed by atoms with E-state index in [0.717, 1.165) is 25.1 Å². The Balaban J connectivity index is 1.66. The number of ketones is 1. The summed E-state index contributed by atoms with van der Waals surface area (Å²) in [4.78, 5) is 25.7. The SMILES string of the molecule is CC(=O)c1ccc(NC(=O)N2CCCC3CCCC32)cc1. The van der Waals surface area contributed by atoms with Gasteiger partial charge >= 0.3 is 6.03 Å². The van der Waals surface area contributed by atoms with Crippen molar-refractivity contribution >= 4 is 17.5 Å². The van der Waals surface area contributed by atoms with Gasteiger partial charge in [0.25, 0.3) is 0 Å². The van der Waals surface area contributed by atoms with Crippen molar-refractivity contribution in [2.24, 2.45) is 5.92 Å². The lowest BCUT2D eigenvalue weighted by atomic mass is 9.92. The molecule has 0 bridgehead atoms. The van der Waals surface area contributed by atoms with Crippen LogP contribution in [0.15, 0.2) is 24.3 Å². The van der Waals surface area contributed by atoms with Gasteiger partial charge in [0.1, 0.15) is 0 Å². The van der Waals surface area contributed by atoms with E-state index >= 15 is 0 Å². The molecule has 2 fully saturated rings. The van der Waals surface area contributed by atoms with Gasteiger partial charge in [-0.25, -0.2) is 4.79 Å². The summed E-state index contributed by atoms with van der Waals surface area (Å²) >= 11 is 0. The first-order chi connectivity index (χ1) is 10.1. The van der Waals surface area contributed by atoms with Crippen LogP contribution in [0.5, 0.6) is 0 Å². The fraction of sp³-hybridized carbons (Fsp3) is 0.529. The molecule has 1 aliphatic carbocycles. The highest BCUT2D eigenvalue weighted by Crippen LogP contribution is 2.36. The number of fused-ring (bicyclic) bond motifs is 1. The Morgan fingerprint density at radius 2 is 1.81 bits per heavy atom. The Morgan fingerprint density at radius 3 is 2.52 bits per heavy atom. The molecule has 2 amide bonds. The molecule has 0 spiro atoms. The lowest BCUT2D eigenvalue weighted by Crippen LogP contribution is -2.48. The first kappa shape index (κ1) is 14.1. The number of likely N-dealkylation sites (tertiary alicyclic amines) is 1. The van der Waals surface area contributed by atoms with Crippen molar-refractivity contribution in [2.45, 2.75) is 45.1 Å². The number of hydrogen-bond acceptors (Lipinski definition) is 2. The van der Waals surface area contributed by atoms with E-state index in [1.165, 1.54) is 19.3 Å². The Labute approximate surface area is 125 Å². The summed E-state index contributed by atoms with van der Waals surface area (Å²) in [5, 5.41) is 2.97. The third kappa shape index (κ3) is 2.94. The van der Waals surface area contributed by atoms with Crippen LogP contribution in [-0.4, -0.2) is 29.3 Å². The number of anilines is 1. The predicted molar refractivity (Wildman–Crippen MR) is 82.5 cm³/mol. The second kappa shape index (κ2) is 5.88. The topological polar surface area (TPSA) is 49.4 Å². The summed E-state index contributed by atoms with van der Waals surface area (Å²) in [6, 6.07) is 7.53. The maximum atomic E-state index is 12.5. The zero-order valence-electron chi connectivity index (χ0n) is 12.5. The fourth-order valence-corrected chi connectivity index (χ4v) is 3.69. The van der Waals surface area contributed by atoms with Crippen LogP contribution >= 0.6 is 0 Å². The quantitative estimate of drug-likeness (QED) is 0.843. The predicted octanol–water partition coefficient (Wildman–Crippen LogP) is 3.69. The molecule has 4 heteroatoms. The van der Waals surface area contributed by atoms with Gasteiger partial charge in [-0.05, 0) is 62.8 Å². The monoisotopic (exact) mass is 286 g/mol. The number of nitrogens with one attached hydrogen (secondary N) is 1. The molecule has 112 valence electrons. The first-order valence-electron chi connectivity index (χ1n) is 7.84. The minimum absolute atomic E-state index is 0.00201. The number of rotatable bonds is 2. The number of carbonyl (C=O) groups is 2. The average Bonchev–Trinajstić information content (AvgIpc) is 2.96. The van der Waals surface area contributed by atoms with Crippen molar-refractivity contribution in [1.29, 1.82) is 0 Å². The molecule has 2 atom stereocenters. The first-order valence-corrected chi connectivity index (χ1v) is 7.84. The van der Waals surface area contributed by atoms with Gasteiger partial charge in [0.2, 0.25) is 0 Å². The summed E-state index contributed by atoms with van der Waals surface area (Å²) in [5.41, 5.74) is 1.42. The van der Waals surface area contributed by atoms with Crippen molar-refractivity contribution in [3.63, 3.8) is 0 Å². The molecule has 1 saturated carbocycles. The third-order valence-electron chi connectivity index (χ3n) is 4.80. The fourth-order valence-electron chi connectivity index (χ4n) is 3.69. The minimum atomic E-state index is 0.00201. The smallest absolute Gasteiger partial charge is 0.321 e. The summed E-state index contributed by atoms with van der Waals surface area (Å²) < 4.78 is 0. The molecule has 4 nitrogen and oxygen atoms in total. The second-order valence-electron chi connectivity index (χ2n) is 6.16. The highest BCUT2D eigenvalue weighted by atomic mass is 16.2. The van der Waals surface area contributed by atoms with Crippen LogP contribution in [0.3, 0.4) is 0 Å². The van der Waals surface area contributed by atoms with E-state index in [-0.39, 0.29) is 11.8 Å². The second-order valence-corrected chi connectivity index (χ2v) is 6.16. The van der Waals surface area contributed by atoms with Crippen LogP contribution in [0.25, 0.3) is 0 Å². The van der Waals surface area contributed by atoms with E-state index in [9.17, 15) is 9.59 Å². The molecular weight excluding hydrogens is 264 g/mol. The van der Waals surface area contributed by atoms with Crippen LogP contribution in [-0.2, 0) is 0 Å². The summed E-state index contributed by atoms with van der Waals surface area (Å²) in [7, 11) is 0. The summed E-state index contributed by atoms with van der Waals surface area (Å²) in [6.07, 6.45) is 6.02. The van der Waals surface area contributed by atoms with Crippen molar-refractivity contribution < 1.29 is 9.59 Å². The van der Waals surface area contributed by atoms with Crippen LogP contribution in [0.1, 0.15) is 49.4 Å². The molecule has 2 unspecified atom stereocenters. The van der Waals surface area contributed by atoms with E-state index in [1.54, 1.807) is 31.2 Å². The number of urea groups is 1. The number of amides is 2. The van der Waals surface area contributed by atoms with Crippen molar-refractivity contribution in [1.82, 2.24) is 4.90 Å². The van der Waals surface area contributed by atoms with Gasteiger partial charge in [-0.2, -0.15) is 0 Å². The average molecular weight is 286 g/mol. The van der Waals surface area contributed by atoms with Gasteiger partial charge in [0.05, 0.1) is 0 Å². The molecule has 1 saturated heterocycles. The highest BCUT2D eigenvalue weighted by molar-refractivity contribution is 5.95. The lowest BCUT2D eigenvalue weighted by molar-refractivity contribution is 0.101. The maximum Gasteiger partial charge on any atom is 0.322 e. The van der Waals surface area contributed by atoms with Gasteiger partial charge in [-0.3, -0.25) is 4.79 Å². The Kier molecular flexibility index (Phi) is 3.95. The summed E-state index contributed by atoms with van der Waals surface area (Å²) in [5.74, 6) is 0.738. The molecule has 1 heterocycles. The summed E-state index contributed by atoms with van der Waals surface area (Å²) in [6.45, 7) is 2.40. The van der Waals surface area contributed by atoms with Crippen LogP contribution < -0.4 is 5.32 Å². The molecule has 2 aliphatic rings. The molecule has 3 rings (SSSR count). The molecule has 1 aliphatic heterocycles. The molecule has 1 aromatic rings. The maximum absolute atomic E-state index is 12.5. The number of hydrogen-bond donors (Lipinski definition) is 1. The van der Waals surface area contributed by atoms with Gasteiger partial charge in [-0.15, -0.1) is 0 Å². The van der Waals surface area contributed by atoms with E-state index in [0.29, 0.717) is 17.5 Å². The Hall–Kier alpha value is -1.84. The van der Waals surface area contributed by atoms with Gasteiger partial charge in [0, 0.05) is 23.8 Å². The molecule has 1 aromatic carbocycles. The third-order valence-corrected chi connectivity index (χ3v) is 4.80. The van der Waals surface area contributed by atoms with Crippen LogP contribution in [0.2, 0.25) is 0 Å². The van der Waals surface area contributed by atoms with E-state index in [4.69, 9.17) is 0 Å². The number of nitrogens with zero attached hydrogens (tertiary/aromatic N) is 1. The normalized spacial score (nSPS) is 24.5. The number of carbonyl (C=O) groups excluding carboxylic acids is 2. The van der Waals surface area contributed by atoms with Crippen molar-refractivity contribution in [3.8, 4) is 0 Å². The van der Waals surface area contributed by atoms with Crippen LogP contribution in [0.4, 0.5) is 10.5 Å². The van der Waals surface area contributed by atoms with Crippen LogP contribution in [0, 0.1) is 5.92 Å². The van der Waals surface area contributed by atoms with E-state index in [1.807, 2.05) is 4.90 Å². The van der Waals surface area contributed by atoms with Crippen molar-refractivity contribution in [3.05, 3.63) is 29.8 Å². The van der Waals surface area contributed by atoms with E-state index in [2.05, 4.69) is 5.32 Å². The molecule has 0 aromatic heterocycles. The Morgan fingerprint density at radius 1 is 1.10 bits per heavy atom. The molecule has 1 N–H and O–H groups in total. The van der Waals surface area contributed by atoms with Gasteiger partial charge in [-0.1, -0.05) is 6.42 Å². The molecular formula is C17H22N2O2. The van der Waals surface area contributed by atoms with E-state index < -0.39 is 0 Å². The van der Waals surface area contributed by atoms with Gasteiger partial charge in [0.15, 0.2) is 5.78 Å². The number of Topliss-reactive ketones (excluding diaryl/α,β-unsaturated/α-hetero) is 1. The largest absolute Gasteiger partial charge is 0.322 e. The van der Waals surface area contributed by atoms with Crippen molar-refractivity contribution in [2.75, 3.05) is 11.9 Å². The van der Waals surface area contributed by atoms with Gasteiger partial charge < -0.3 is 10.2 Å². The Bertz CT molecular complexity index is 538. The highest BCUT2D eigenvalue weighted by Gasteiger charge is 2.37. The molecule has 0 radical (unpaired) electrons. The molecule has 21 heavy (non-hydrogen) atoms. The number of benzene rings is 1. The zero-order chi connectivity index (χ0) is 14.8. The standard InChI is InChI=1S/C17H22N2O2/c1-12(20)13-7-9-15(10-8-13)18-17(21)19-11-3-5-14-4-2-6-16(14)19/h7-10,14,16H,2-6,11H2,1H3,(H,18,21). The number of piperidine rings is 1. The lowest BCUT2D eigenvalue weighted by Gasteiger charge is -2.37. The minimum Gasteiger partial charge on any atom is -0.321 e.